The summed E-state index contributed by atoms with van der Waals surface area (Å²) in [6.07, 6.45) is 14.7. The van der Waals surface area contributed by atoms with Crippen LogP contribution < -0.4 is 4.74 Å². The summed E-state index contributed by atoms with van der Waals surface area (Å²) in [4.78, 5) is 36.2. The molecule has 0 atom stereocenters. The summed E-state index contributed by atoms with van der Waals surface area (Å²) in [6.45, 7) is 10.3. The van der Waals surface area contributed by atoms with E-state index in [2.05, 4.69) is 13.5 Å². The third-order valence-electron chi connectivity index (χ3n) is 9.21. The Kier molecular flexibility index (Phi) is 14.8. The molecule has 1 aliphatic heterocycles. The largest absolute Gasteiger partial charge is 0.462 e. The molecule has 3 aliphatic rings. The first kappa shape index (κ1) is 35.8. The Labute approximate surface area is 274 Å². The van der Waals surface area contributed by atoms with Gasteiger partial charge in [-0.25, -0.2) is 9.59 Å². The first-order valence-corrected chi connectivity index (χ1v) is 17.0. The first-order chi connectivity index (χ1) is 22.3. The van der Waals surface area contributed by atoms with Gasteiger partial charge in [-0.15, -0.1) is 0 Å². The number of hydrogen-bond donors (Lipinski definition) is 0. The van der Waals surface area contributed by atoms with Gasteiger partial charge in [0.25, 0.3) is 0 Å². The van der Waals surface area contributed by atoms with E-state index in [9.17, 15) is 14.4 Å². The minimum Gasteiger partial charge on any atom is -0.462 e. The van der Waals surface area contributed by atoms with E-state index in [1.807, 2.05) is 12.1 Å². The van der Waals surface area contributed by atoms with Crippen LogP contribution in [-0.2, 0) is 38.1 Å². The van der Waals surface area contributed by atoms with Crippen molar-refractivity contribution in [2.24, 2.45) is 23.2 Å². The second-order valence-corrected chi connectivity index (χ2v) is 13.4. The molecule has 254 valence electrons. The Morgan fingerprint density at radius 3 is 2.09 bits per heavy atom. The van der Waals surface area contributed by atoms with Gasteiger partial charge in [-0.1, -0.05) is 25.6 Å². The average molecular weight is 641 g/mol. The van der Waals surface area contributed by atoms with Crippen molar-refractivity contribution in [3.05, 3.63) is 48.6 Å². The Bertz CT molecular complexity index is 1120. The fourth-order valence-electron chi connectivity index (χ4n) is 6.13. The number of esters is 3. The SMILES string of the molecule is C=CC(=O)OCC1CCC(COC(=O)/C=C/c2ccc(OC(=O)C3CCC(OCCCCCOCC4(C)COC4)CC3)cc2)CC1. The minimum atomic E-state index is -0.387. The molecule has 4 rings (SSSR count). The van der Waals surface area contributed by atoms with E-state index < -0.39 is 0 Å². The molecule has 0 unspecified atom stereocenters. The Morgan fingerprint density at radius 1 is 0.848 bits per heavy atom. The van der Waals surface area contributed by atoms with Crippen LogP contribution in [0.15, 0.2) is 43.0 Å². The zero-order chi connectivity index (χ0) is 32.6. The third-order valence-corrected chi connectivity index (χ3v) is 9.21. The predicted molar refractivity (Wildman–Crippen MR) is 174 cm³/mol. The summed E-state index contributed by atoms with van der Waals surface area (Å²) in [5.74, 6) is 0.0962. The van der Waals surface area contributed by atoms with Gasteiger partial charge in [-0.05, 0) is 106 Å². The lowest BCUT2D eigenvalue weighted by atomic mass is 9.83. The zero-order valence-corrected chi connectivity index (χ0v) is 27.5. The zero-order valence-electron chi connectivity index (χ0n) is 27.5. The molecule has 1 saturated heterocycles. The topological polar surface area (TPSA) is 107 Å². The highest BCUT2D eigenvalue weighted by Crippen LogP contribution is 2.30. The molecule has 9 heteroatoms. The molecule has 0 bridgehead atoms. The Morgan fingerprint density at radius 2 is 1.48 bits per heavy atom. The van der Waals surface area contributed by atoms with Gasteiger partial charge in [0.2, 0.25) is 0 Å². The van der Waals surface area contributed by atoms with Crippen LogP contribution in [0, 0.1) is 23.2 Å². The van der Waals surface area contributed by atoms with Gasteiger partial charge in [0.15, 0.2) is 0 Å². The standard InChI is InChI=1S/C37H52O9/c1-3-34(38)44-23-29-7-9-30(10-8-29)24-45-35(39)20-13-28-11-16-33(17-12-28)46-36(40)31-14-18-32(19-15-31)43-22-6-4-5-21-41-25-37(2)26-42-27-37/h3,11-13,16-17,20,29-32H,1,4-10,14-15,18-19,21-27H2,2H3/b20-13+. The van der Waals surface area contributed by atoms with E-state index in [1.54, 1.807) is 18.2 Å². The molecule has 9 nitrogen and oxygen atoms in total. The lowest BCUT2D eigenvalue weighted by Gasteiger charge is -2.37. The van der Waals surface area contributed by atoms with E-state index in [0.29, 0.717) is 30.8 Å². The first-order valence-electron chi connectivity index (χ1n) is 17.0. The van der Waals surface area contributed by atoms with E-state index >= 15 is 0 Å². The molecule has 2 aliphatic carbocycles. The Balaban J connectivity index is 1.02. The summed E-state index contributed by atoms with van der Waals surface area (Å²) in [6, 6.07) is 7.12. The van der Waals surface area contributed by atoms with E-state index in [1.165, 1.54) is 12.2 Å². The quantitative estimate of drug-likeness (QED) is 0.0771. The maximum Gasteiger partial charge on any atom is 0.330 e. The lowest BCUT2D eigenvalue weighted by Crippen LogP contribution is -2.43. The fraction of sp³-hybridized carbons (Fsp3) is 0.649. The maximum absolute atomic E-state index is 12.8. The monoisotopic (exact) mass is 640 g/mol. The normalized spacial score (nSPS) is 24.1. The van der Waals surface area contributed by atoms with Crippen molar-refractivity contribution in [2.75, 3.05) is 46.2 Å². The van der Waals surface area contributed by atoms with Gasteiger partial charge in [0, 0.05) is 30.8 Å². The van der Waals surface area contributed by atoms with Crippen LogP contribution in [-0.4, -0.2) is 70.3 Å². The second kappa shape index (κ2) is 19.0. The molecule has 0 aromatic heterocycles. The van der Waals surface area contributed by atoms with Crippen LogP contribution in [0.1, 0.15) is 83.1 Å². The van der Waals surface area contributed by atoms with Crippen LogP contribution >= 0.6 is 0 Å². The van der Waals surface area contributed by atoms with Gasteiger partial charge < -0.3 is 28.4 Å². The van der Waals surface area contributed by atoms with E-state index in [4.69, 9.17) is 28.4 Å². The van der Waals surface area contributed by atoms with Crippen molar-refractivity contribution < 1.29 is 42.8 Å². The van der Waals surface area contributed by atoms with Gasteiger partial charge in [-0.2, -0.15) is 0 Å². The van der Waals surface area contributed by atoms with Crippen LogP contribution in [0.3, 0.4) is 0 Å². The molecule has 2 saturated carbocycles. The molecule has 46 heavy (non-hydrogen) atoms. The van der Waals surface area contributed by atoms with Crippen LogP contribution in [0.2, 0.25) is 0 Å². The smallest absolute Gasteiger partial charge is 0.330 e. The number of carbonyl (C=O) groups excluding carboxylic acids is 3. The summed E-state index contributed by atoms with van der Waals surface area (Å²) in [5.41, 5.74) is 1.03. The van der Waals surface area contributed by atoms with Crippen LogP contribution in [0.4, 0.5) is 0 Å². The molecule has 1 aromatic rings. The highest BCUT2D eigenvalue weighted by Gasteiger charge is 2.33. The van der Waals surface area contributed by atoms with Crippen molar-refractivity contribution in [1.82, 2.24) is 0 Å². The van der Waals surface area contributed by atoms with Gasteiger partial charge in [-0.3, -0.25) is 4.79 Å². The molecule has 0 spiro atoms. The maximum atomic E-state index is 12.8. The van der Waals surface area contributed by atoms with Crippen molar-refractivity contribution in [2.45, 2.75) is 83.7 Å². The third kappa shape index (κ3) is 12.6. The number of unbranched alkanes of at least 4 members (excludes halogenated alkanes) is 2. The number of carbonyl (C=O) groups is 3. The highest BCUT2D eigenvalue weighted by atomic mass is 16.5. The summed E-state index contributed by atoms with van der Waals surface area (Å²) < 4.78 is 33.4. The molecule has 1 aromatic carbocycles. The average Bonchev–Trinajstić information content (AvgIpc) is 3.07. The van der Waals surface area contributed by atoms with Crippen molar-refractivity contribution in [1.29, 1.82) is 0 Å². The number of ether oxygens (including phenoxy) is 6. The predicted octanol–water partition coefficient (Wildman–Crippen LogP) is 6.48. The Hall–Kier alpha value is -3.01. The number of hydrogen-bond acceptors (Lipinski definition) is 9. The molecule has 3 fully saturated rings. The number of rotatable bonds is 18. The summed E-state index contributed by atoms with van der Waals surface area (Å²) >= 11 is 0. The molecular formula is C37H52O9. The van der Waals surface area contributed by atoms with Crippen LogP contribution in [0.25, 0.3) is 6.08 Å². The highest BCUT2D eigenvalue weighted by molar-refractivity contribution is 5.87. The molecule has 1 heterocycles. The molecule has 0 amide bonds. The lowest BCUT2D eigenvalue weighted by molar-refractivity contribution is -0.141. The van der Waals surface area contributed by atoms with E-state index in [0.717, 1.165) is 109 Å². The fourth-order valence-corrected chi connectivity index (χ4v) is 6.13. The second-order valence-electron chi connectivity index (χ2n) is 13.4. The van der Waals surface area contributed by atoms with Crippen LogP contribution in [0.5, 0.6) is 5.75 Å². The molecular weight excluding hydrogens is 588 g/mol. The van der Waals surface area contributed by atoms with Gasteiger partial charge in [0.1, 0.15) is 5.75 Å². The van der Waals surface area contributed by atoms with Crippen molar-refractivity contribution in [3.8, 4) is 5.75 Å². The van der Waals surface area contributed by atoms with E-state index in [-0.39, 0.29) is 35.3 Å². The number of benzene rings is 1. The summed E-state index contributed by atoms with van der Waals surface area (Å²) in [5, 5.41) is 0. The van der Waals surface area contributed by atoms with Gasteiger partial charge >= 0.3 is 17.9 Å². The van der Waals surface area contributed by atoms with Gasteiger partial charge in [0.05, 0.1) is 45.1 Å². The van der Waals surface area contributed by atoms with Crippen molar-refractivity contribution >= 4 is 24.0 Å². The molecule has 0 radical (unpaired) electrons. The summed E-state index contributed by atoms with van der Waals surface area (Å²) in [7, 11) is 0. The van der Waals surface area contributed by atoms with Crippen molar-refractivity contribution in [3.63, 3.8) is 0 Å². The molecule has 0 N–H and O–H groups in total. The minimum absolute atomic E-state index is 0.112.